The molecule has 0 radical (unpaired) electrons. The van der Waals surface area contributed by atoms with Crippen molar-refractivity contribution in [2.45, 2.75) is 63.4 Å². The number of aliphatic hydroxyl groups excluding tert-OH is 1. The number of benzene rings is 1. The van der Waals surface area contributed by atoms with Gasteiger partial charge >= 0.3 is 0 Å². The van der Waals surface area contributed by atoms with Gasteiger partial charge in [0.25, 0.3) is 0 Å². The van der Waals surface area contributed by atoms with E-state index in [2.05, 4.69) is 46.3 Å². The third kappa shape index (κ3) is 4.06. The summed E-state index contributed by atoms with van der Waals surface area (Å²) in [7, 11) is 0. The lowest BCUT2D eigenvalue weighted by Crippen LogP contribution is -2.43. The number of hydrogen-bond acceptors (Lipinski definition) is 3. The normalized spacial score (nSPS) is 22.8. The maximum Gasteiger partial charge on any atom is 0.198 e. The van der Waals surface area contributed by atoms with Gasteiger partial charge in [-0.15, -0.1) is 0 Å². The third-order valence-electron chi connectivity index (χ3n) is 6.83. The van der Waals surface area contributed by atoms with Crippen LogP contribution in [0.5, 0.6) is 0 Å². The Balaban J connectivity index is 1.42. The first-order valence-corrected chi connectivity index (χ1v) is 11.3. The standard InChI is InChI=1S/C23H36N4O/c1-2-24-22(25-14-7-15-26-16-10-19(28)11-17-26)27-18-23(12-5-6-13-23)20-8-3-4-9-21(20)27/h3-4,8-9,19,28H,2,5-7,10-18H2,1H3,(H,24,25). The zero-order chi connectivity index (χ0) is 19.4. The quantitative estimate of drug-likeness (QED) is 0.465. The number of piperidine rings is 1. The van der Waals surface area contributed by atoms with Crippen LogP contribution in [-0.2, 0) is 5.41 Å². The van der Waals surface area contributed by atoms with Crippen LogP contribution in [0.1, 0.15) is 57.4 Å². The Morgan fingerprint density at radius 1 is 1.21 bits per heavy atom. The molecule has 2 fully saturated rings. The highest BCUT2D eigenvalue weighted by Crippen LogP contribution is 2.50. The van der Waals surface area contributed by atoms with Crippen molar-refractivity contribution in [2.24, 2.45) is 4.99 Å². The van der Waals surface area contributed by atoms with Crippen LogP contribution in [0, 0.1) is 0 Å². The fourth-order valence-corrected chi connectivity index (χ4v) is 5.32. The van der Waals surface area contributed by atoms with Crippen molar-refractivity contribution >= 4 is 11.6 Å². The Bertz CT molecular complexity index is 675. The number of aliphatic hydroxyl groups is 1. The van der Waals surface area contributed by atoms with Gasteiger partial charge in [-0.05, 0) is 57.2 Å². The molecule has 2 N–H and O–H groups in total. The summed E-state index contributed by atoms with van der Waals surface area (Å²) in [5.74, 6) is 1.05. The number of likely N-dealkylation sites (tertiary alicyclic amines) is 1. The van der Waals surface area contributed by atoms with Gasteiger partial charge in [-0.2, -0.15) is 0 Å². The highest BCUT2D eigenvalue weighted by molar-refractivity contribution is 5.98. The summed E-state index contributed by atoms with van der Waals surface area (Å²) in [5.41, 5.74) is 3.22. The molecule has 0 amide bonds. The number of nitrogens with one attached hydrogen (secondary N) is 1. The summed E-state index contributed by atoms with van der Waals surface area (Å²) >= 11 is 0. The van der Waals surface area contributed by atoms with Gasteiger partial charge in [0.2, 0.25) is 0 Å². The van der Waals surface area contributed by atoms with E-state index in [9.17, 15) is 5.11 Å². The maximum absolute atomic E-state index is 9.66. The van der Waals surface area contributed by atoms with Gasteiger partial charge in [-0.1, -0.05) is 31.0 Å². The van der Waals surface area contributed by atoms with Crippen LogP contribution < -0.4 is 10.2 Å². The smallest absolute Gasteiger partial charge is 0.198 e. The highest BCUT2D eigenvalue weighted by atomic mass is 16.3. The first kappa shape index (κ1) is 19.7. The van der Waals surface area contributed by atoms with E-state index < -0.39 is 0 Å². The van der Waals surface area contributed by atoms with E-state index in [0.29, 0.717) is 5.41 Å². The summed E-state index contributed by atoms with van der Waals surface area (Å²) < 4.78 is 0. The van der Waals surface area contributed by atoms with E-state index in [4.69, 9.17) is 4.99 Å². The largest absolute Gasteiger partial charge is 0.393 e. The van der Waals surface area contributed by atoms with Crippen LogP contribution in [0.25, 0.3) is 0 Å². The van der Waals surface area contributed by atoms with E-state index in [1.807, 2.05) is 0 Å². The summed E-state index contributed by atoms with van der Waals surface area (Å²) in [4.78, 5) is 9.92. The Kier molecular flexibility index (Phi) is 6.22. The number of hydrogen-bond donors (Lipinski definition) is 2. The lowest BCUT2D eigenvalue weighted by molar-refractivity contribution is 0.0824. The zero-order valence-corrected chi connectivity index (χ0v) is 17.4. The minimum atomic E-state index is -0.0900. The summed E-state index contributed by atoms with van der Waals surface area (Å²) in [6.07, 6.45) is 8.12. The average molecular weight is 385 g/mol. The Morgan fingerprint density at radius 3 is 2.71 bits per heavy atom. The SMILES string of the molecule is CCNC(=NCCCN1CCC(O)CC1)N1CC2(CCCC2)c2ccccc21. The number of para-hydroxylation sites is 1. The molecule has 0 atom stereocenters. The molecule has 2 aliphatic heterocycles. The number of guanidine groups is 1. The summed E-state index contributed by atoms with van der Waals surface area (Å²) in [6, 6.07) is 8.97. The first-order valence-electron chi connectivity index (χ1n) is 11.3. The van der Waals surface area contributed by atoms with Gasteiger partial charge < -0.3 is 20.2 Å². The molecule has 0 aromatic heterocycles. The molecule has 1 spiro atoms. The van der Waals surface area contributed by atoms with E-state index in [1.54, 1.807) is 0 Å². The molecule has 154 valence electrons. The molecule has 1 aliphatic carbocycles. The van der Waals surface area contributed by atoms with Gasteiger partial charge in [-0.25, -0.2) is 0 Å². The topological polar surface area (TPSA) is 51.1 Å². The van der Waals surface area contributed by atoms with E-state index >= 15 is 0 Å². The molecule has 1 aromatic rings. The molecule has 5 nitrogen and oxygen atoms in total. The molecule has 28 heavy (non-hydrogen) atoms. The lowest BCUT2D eigenvalue weighted by Gasteiger charge is -2.29. The zero-order valence-electron chi connectivity index (χ0n) is 17.4. The van der Waals surface area contributed by atoms with Crippen molar-refractivity contribution in [3.63, 3.8) is 0 Å². The third-order valence-corrected chi connectivity index (χ3v) is 6.83. The highest BCUT2D eigenvalue weighted by Gasteiger charge is 2.45. The molecule has 4 rings (SSSR count). The number of anilines is 1. The molecule has 1 saturated carbocycles. The average Bonchev–Trinajstić information content (AvgIpc) is 3.32. The molecule has 5 heteroatoms. The van der Waals surface area contributed by atoms with Gasteiger partial charge in [-0.3, -0.25) is 4.99 Å². The first-order chi connectivity index (χ1) is 13.7. The van der Waals surface area contributed by atoms with Crippen molar-refractivity contribution in [1.82, 2.24) is 10.2 Å². The fraction of sp³-hybridized carbons (Fsp3) is 0.696. The Hall–Kier alpha value is -1.59. The molecular formula is C23H36N4O. The number of fused-ring (bicyclic) bond motifs is 2. The predicted molar refractivity (Wildman–Crippen MR) is 116 cm³/mol. The van der Waals surface area contributed by atoms with Crippen molar-refractivity contribution in [1.29, 1.82) is 0 Å². The second-order valence-electron chi connectivity index (χ2n) is 8.75. The predicted octanol–water partition coefficient (Wildman–Crippen LogP) is 3.13. The molecule has 0 unspecified atom stereocenters. The molecule has 2 heterocycles. The summed E-state index contributed by atoms with van der Waals surface area (Å²) in [5, 5.41) is 13.2. The monoisotopic (exact) mass is 384 g/mol. The summed E-state index contributed by atoms with van der Waals surface area (Å²) in [6.45, 7) is 8.10. The molecule has 0 bridgehead atoms. The fourth-order valence-electron chi connectivity index (χ4n) is 5.32. The second-order valence-corrected chi connectivity index (χ2v) is 8.75. The van der Waals surface area contributed by atoms with Gasteiger partial charge in [0.05, 0.1) is 6.10 Å². The van der Waals surface area contributed by atoms with Crippen LogP contribution in [0.4, 0.5) is 5.69 Å². The van der Waals surface area contributed by atoms with Gasteiger partial charge in [0.15, 0.2) is 5.96 Å². The minimum Gasteiger partial charge on any atom is -0.393 e. The van der Waals surface area contributed by atoms with Crippen molar-refractivity contribution in [2.75, 3.05) is 44.2 Å². The maximum atomic E-state index is 9.66. The van der Waals surface area contributed by atoms with E-state index in [-0.39, 0.29) is 6.10 Å². The van der Waals surface area contributed by atoms with E-state index in [0.717, 1.165) is 64.5 Å². The van der Waals surface area contributed by atoms with Crippen molar-refractivity contribution < 1.29 is 5.11 Å². The van der Waals surface area contributed by atoms with Crippen molar-refractivity contribution in [3.8, 4) is 0 Å². The van der Waals surface area contributed by atoms with Gasteiger partial charge in [0.1, 0.15) is 0 Å². The van der Waals surface area contributed by atoms with E-state index in [1.165, 1.54) is 36.9 Å². The lowest BCUT2D eigenvalue weighted by atomic mass is 9.81. The molecule has 3 aliphatic rings. The van der Waals surface area contributed by atoms with Crippen LogP contribution >= 0.6 is 0 Å². The Labute approximate surface area is 169 Å². The molecule has 1 saturated heterocycles. The van der Waals surface area contributed by atoms with Crippen LogP contribution in [0.2, 0.25) is 0 Å². The molecule has 1 aromatic carbocycles. The van der Waals surface area contributed by atoms with Crippen LogP contribution in [0.15, 0.2) is 29.3 Å². The number of rotatable bonds is 5. The number of nitrogens with zero attached hydrogens (tertiary/aromatic N) is 3. The molecular weight excluding hydrogens is 348 g/mol. The number of aliphatic imine (C=N–C) groups is 1. The van der Waals surface area contributed by atoms with Crippen LogP contribution in [-0.4, -0.2) is 61.3 Å². The Morgan fingerprint density at radius 2 is 1.96 bits per heavy atom. The van der Waals surface area contributed by atoms with Crippen molar-refractivity contribution in [3.05, 3.63) is 29.8 Å². The van der Waals surface area contributed by atoms with Gasteiger partial charge in [0, 0.05) is 43.8 Å². The van der Waals surface area contributed by atoms with Crippen LogP contribution in [0.3, 0.4) is 0 Å². The minimum absolute atomic E-state index is 0.0900. The second kappa shape index (κ2) is 8.83.